The molecular weight excluding hydrogens is 256 g/mol. The Bertz CT molecular complexity index is 527. The van der Waals surface area contributed by atoms with E-state index in [1.165, 1.54) is 0 Å². The number of H-pyrrole nitrogens is 1. The Hall–Kier alpha value is -1.03. The number of nitrogens with one attached hydrogen (secondary N) is 1. The molecule has 80 valence electrons. The summed E-state index contributed by atoms with van der Waals surface area (Å²) >= 11 is 3.43. The maximum atomic E-state index is 11.7. The van der Waals surface area contributed by atoms with Gasteiger partial charge >= 0.3 is 5.69 Å². The van der Waals surface area contributed by atoms with Crippen LogP contribution in [0.4, 0.5) is 0 Å². The predicted molar refractivity (Wildman–Crippen MR) is 65.2 cm³/mol. The van der Waals surface area contributed by atoms with Gasteiger partial charge < -0.3 is 4.98 Å². The quantitative estimate of drug-likeness (QED) is 0.914. The van der Waals surface area contributed by atoms with E-state index in [1.54, 1.807) is 4.57 Å². The third-order valence-corrected chi connectivity index (χ3v) is 3.16. The number of hydrogen-bond acceptors (Lipinski definition) is 1. The molecule has 0 atom stereocenters. The van der Waals surface area contributed by atoms with Gasteiger partial charge in [0.2, 0.25) is 0 Å². The molecule has 1 N–H and O–H groups in total. The zero-order chi connectivity index (χ0) is 10.8. The SMILES string of the molecule is CCCCn1c(=O)[nH]c2c(Br)cccc21. The number of para-hydroxylation sites is 1. The van der Waals surface area contributed by atoms with Crippen molar-refractivity contribution in [3.05, 3.63) is 33.2 Å². The van der Waals surface area contributed by atoms with Gasteiger partial charge in [-0.15, -0.1) is 0 Å². The molecule has 2 aromatic rings. The summed E-state index contributed by atoms with van der Waals surface area (Å²) in [5, 5.41) is 0. The topological polar surface area (TPSA) is 37.8 Å². The van der Waals surface area contributed by atoms with Crippen LogP contribution < -0.4 is 5.69 Å². The van der Waals surface area contributed by atoms with E-state index in [4.69, 9.17) is 0 Å². The van der Waals surface area contributed by atoms with Gasteiger partial charge in [-0.3, -0.25) is 4.57 Å². The lowest BCUT2D eigenvalue weighted by molar-refractivity contribution is 0.629. The molecule has 0 unspecified atom stereocenters. The summed E-state index contributed by atoms with van der Waals surface area (Å²) in [5.74, 6) is 0. The monoisotopic (exact) mass is 268 g/mol. The van der Waals surface area contributed by atoms with Gasteiger partial charge in [-0.05, 0) is 34.5 Å². The predicted octanol–water partition coefficient (Wildman–Crippen LogP) is 2.89. The van der Waals surface area contributed by atoms with Crippen molar-refractivity contribution in [2.45, 2.75) is 26.3 Å². The van der Waals surface area contributed by atoms with Crippen LogP contribution in [0.25, 0.3) is 11.0 Å². The smallest absolute Gasteiger partial charge is 0.305 e. The van der Waals surface area contributed by atoms with Crippen LogP contribution in [-0.2, 0) is 6.54 Å². The second kappa shape index (κ2) is 4.23. The van der Waals surface area contributed by atoms with E-state index in [1.807, 2.05) is 18.2 Å². The average Bonchev–Trinajstić information content (AvgIpc) is 2.54. The molecule has 0 spiro atoms. The Balaban J connectivity index is 2.58. The molecule has 1 aromatic heterocycles. The molecule has 1 aromatic carbocycles. The van der Waals surface area contributed by atoms with Crippen molar-refractivity contribution in [1.29, 1.82) is 0 Å². The van der Waals surface area contributed by atoms with Crippen LogP contribution in [0.15, 0.2) is 27.5 Å². The molecule has 0 fully saturated rings. The van der Waals surface area contributed by atoms with Crippen molar-refractivity contribution in [2.75, 3.05) is 0 Å². The van der Waals surface area contributed by atoms with Crippen molar-refractivity contribution in [3.63, 3.8) is 0 Å². The minimum absolute atomic E-state index is 0.0228. The number of nitrogens with zero attached hydrogens (tertiary/aromatic N) is 1. The number of aromatic nitrogens is 2. The first-order chi connectivity index (χ1) is 7.24. The molecule has 1 heterocycles. The van der Waals surface area contributed by atoms with E-state index in [-0.39, 0.29) is 5.69 Å². The van der Waals surface area contributed by atoms with E-state index in [0.717, 1.165) is 34.9 Å². The molecule has 15 heavy (non-hydrogen) atoms. The fraction of sp³-hybridized carbons (Fsp3) is 0.364. The number of aryl methyl sites for hydroxylation is 1. The fourth-order valence-electron chi connectivity index (χ4n) is 1.68. The third-order valence-electron chi connectivity index (χ3n) is 2.49. The van der Waals surface area contributed by atoms with Crippen LogP contribution in [0.1, 0.15) is 19.8 Å². The summed E-state index contributed by atoms with van der Waals surface area (Å²) in [6.45, 7) is 2.90. The average molecular weight is 269 g/mol. The molecule has 4 heteroatoms. The van der Waals surface area contributed by atoms with Crippen molar-refractivity contribution < 1.29 is 0 Å². The lowest BCUT2D eigenvalue weighted by atomic mass is 10.3. The van der Waals surface area contributed by atoms with Crippen LogP contribution >= 0.6 is 15.9 Å². The summed E-state index contributed by atoms with van der Waals surface area (Å²) in [4.78, 5) is 14.5. The second-order valence-electron chi connectivity index (χ2n) is 3.57. The van der Waals surface area contributed by atoms with Gasteiger partial charge in [0.05, 0.1) is 11.0 Å². The van der Waals surface area contributed by atoms with Crippen molar-refractivity contribution in [3.8, 4) is 0 Å². The van der Waals surface area contributed by atoms with Gasteiger partial charge in [-0.1, -0.05) is 19.4 Å². The van der Waals surface area contributed by atoms with E-state index in [9.17, 15) is 4.79 Å². The first-order valence-corrected chi connectivity index (χ1v) is 5.90. The number of aromatic amines is 1. The maximum Gasteiger partial charge on any atom is 0.326 e. The van der Waals surface area contributed by atoms with Gasteiger partial charge in [0.1, 0.15) is 0 Å². The van der Waals surface area contributed by atoms with Gasteiger partial charge in [-0.25, -0.2) is 4.79 Å². The Morgan fingerprint density at radius 1 is 1.47 bits per heavy atom. The number of rotatable bonds is 3. The van der Waals surface area contributed by atoms with Crippen molar-refractivity contribution in [1.82, 2.24) is 9.55 Å². The Morgan fingerprint density at radius 2 is 2.27 bits per heavy atom. The number of hydrogen-bond donors (Lipinski definition) is 1. The largest absolute Gasteiger partial charge is 0.326 e. The van der Waals surface area contributed by atoms with Gasteiger partial charge in [0, 0.05) is 11.0 Å². The van der Waals surface area contributed by atoms with Gasteiger partial charge in [0.25, 0.3) is 0 Å². The van der Waals surface area contributed by atoms with Crippen molar-refractivity contribution >= 4 is 27.0 Å². The number of halogens is 1. The highest BCUT2D eigenvalue weighted by molar-refractivity contribution is 9.10. The Kier molecular flexibility index (Phi) is 2.95. The molecule has 0 amide bonds. The minimum atomic E-state index is -0.0228. The number of imidazole rings is 1. The van der Waals surface area contributed by atoms with Crippen LogP contribution in [0, 0.1) is 0 Å². The summed E-state index contributed by atoms with van der Waals surface area (Å²) in [6, 6.07) is 5.85. The third kappa shape index (κ3) is 1.86. The lowest BCUT2D eigenvalue weighted by Gasteiger charge is -2.01. The number of fused-ring (bicyclic) bond motifs is 1. The van der Waals surface area contributed by atoms with E-state index in [0.29, 0.717) is 0 Å². The first kappa shape index (κ1) is 10.5. The molecule has 0 saturated heterocycles. The van der Waals surface area contributed by atoms with Crippen LogP contribution in [0.5, 0.6) is 0 Å². The first-order valence-electron chi connectivity index (χ1n) is 5.11. The summed E-state index contributed by atoms with van der Waals surface area (Å²) < 4.78 is 2.73. The van der Waals surface area contributed by atoms with Crippen molar-refractivity contribution in [2.24, 2.45) is 0 Å². The number of unbranched alkanes of at least 4 members (excludes halogenated alkanes) is 1. The van der Waals surface area contributed by atoms with Crippen LogP contribution in [-0.4, -0.2) is 9.55 Å². The Morgan fingerprint density at radius 3 is 3.00 bits per heavy atom. The van der Waals surface area contributed by atoms with Crippen LogP contribution in [0.2, 0.25) is 0 Å². The maximum absolute atomic E-state index is 11.7. The minimum Gasteiger partial charge on any atom is -0.305 e. The van der Waals surface area contributed by atoms with Gasteiger partial charge in [-0.2, -0.15) is 0 Å². The second-order valence-corrected chi connectivity index (χ2v) is 4.42. The van der Waals surface area contributed by atoms with E-state index >= 15 is 0 Å². The lowest BCUT2D eigenvalue weighted by Crippen LogP contribution is -2.16. The number of benzene rings is 1. The van der Waals surface area contributed by atoms with Gasteiger partial charge in [0.15, 0.2) is 0 Å². The standard InChI is InChI=1S/C11H13BrN2O/c1-2-3-7-14-9-6-4-5-8(12)10(9)13-11(14)15/h4-6H,2-3,7H2,1H3,(H,13,15). The molecule has 2 rings (SSSR count). The summed E-state index contributed by atoms with van der Waals surface area (Å²) in [7, 11) is 0. The zero-order valence-electron chi connectivity index (χ0n) is 8.59. The summed E-state index contributed by atoms with van der Waals surface area (Å²) in [5.41, 5.74) is 1.84. The van der Waals surface area contributed by atoms with Crippen LogP contribution in [0.3, 0.4) is 0 Å². The molecular formula is C11H13BrN2O. The molecule has 0 bridgehead atoms. The molecule has 0 aliphatic rings. The fourth-order valence-corrected chi connectivity index (χ4v) is 2.14. The zero-order valence-corrected chi connectivity index (χ0v) is 10.2. The highest BCUT2D eigenvalue weighted by Crippen LogP contribution is 2.20. The molecule has 3 nitrogen and oxygen atoms in total. The molecule has 0 radical (unpaired) electrons. The molecule has 0 aliphatic carbocycles. The van der Waals surface area contributed by atoms with E-state index in [2.05, 4.69) is 27.8 Å². The highest BCUT2D eigenvalue weighted by atomic mass is 79.9. The Labute approximate surface area is 96.2 Å². The molecule has 0 aliphatic heterocycles. The molecule has 0 saturated carbocycles. The normalized spacial score (nSPS) is 11.1. The van der Waals surface area contributed by atoms with E-state index < -0.39 is 0 Å². The summed E-state index contributed by atoms with van der Waals surface area (Å²) in [6.07, 6.45) is 2.12. The highest BCUT2D eigenvalue weighted by Gasteiger charge is 2.07.